The lowest BCUT2D eigenvalue weighted by atomic mass is 10.0. The van der Waals surface area contributed by atoms with Crippen molar-refractivity contribution in [2.24, 2.45) is 4.99 Å². The van der Waals surface area contributed by atoms with Crippen molar-refractivity contribution < 1.29 is 0 Å². The quantitative estimate of drug-likeness (QED) is 0.646. The summed E-state index contributed by atoms with van der Waals surface area (Å²) in [4.78, 5) is 6.77. The van der Waals surface area contributed by atoms with E-state index in [2.05, 4.69) is 67.6 Å². The van der Waals surface area contributed by atoms with Gasteiger partial charge in [-0.2, -0.15) is 0 Å². The predicted molar refractivity (Wildman–Crippen MR) is 92.6 cm³/mol. The molecule has 0 amide bonds. The monoisotopic (exact) mass is 352 g/mol. The molecule has 116 valence electrons. The Kier molecular flexibility index (Phi) is 6.51. The minimum absolute atomic E-state index is 0.531. The van der Waals surface area contributed by atoms with Crippen LogP contribution < -0.4 is 10.6 Å². The Morgan fingerprint density at radius 3 is 2.52 bits per heavy atom. The van der Waals surface area contributed by atoms with Gasteiger partial charge in [-0.1, -0.05) is 28.1 Å². The number of aliphatic imine (C=N–C) groups is 1. The Morgan fingerprint density at radius 1 is 1.29 bits per heavy atom. The molecule has 1 saturated heterocycles. The van der Waals surface area contributed by atoms with Gasteiger partial charge < -0.3 is 10.6 Å². The maximum Gasteiger partial charge on any atom is 0.191 e. The Bertz CT molecular complexity index is 450. The standard InChI is InChI=1S/C16H25BrN4/c1-3-19-16(18-2)20-15-8-10-21(11-9-15)12-13-4-6-14(17)7-5-13/h4-7,15H,3,8-12H2,1-2H3,(H2,18,19,20). The third-order valence-corrected chi connectivity index (χ3v) is 4.34. The van der Waals surface area contributed by atoms with Gasteiger partial charge in [0.25, 0.3) is 0 Å². The second-order valence-electron chi connectivity index (χ2n) is 5.42. The highest BCUT2D eigenvalue weighted by Crippen LogP contribution is 2.16. The van der Waals surface area contributed by atoms with Gasteiger partial charge in [-0.15, -0.1) is 0 Å². The van der Waals surface area contributed by atoms with Crippen LogP contribution in [0.2, 0.25) is 0 Å². The van der Waals surface area contributed by atoms with Gasteiger partial charge in [0, 0.05) is 43.7 Å². The molecule has 21 heavy (non-hydrogen) atoms. The molecule has 1 heterocycles. The molecule has 1 aliphatic rings. The summed E-state index contributed by atoms with van der Waals surface area (Å²) in [5.74, 6) is 0.920. The molecule has 2 rings (SSSR count). The minimum atomic E-state index is 0.531. The fourth-order valence-electron chi connectivity index (χ4n) is 2.64. The second-order valence-corrected chi connectivity index (χ2v) is 6.34. The third kappa shape index (κ3) is 5.32. The number of halogens is 1. The van der Waals surface area contributed by atoms with E-state index in [1.54, 1.807) is 0 Å². The van der Waals surface area contributed by atoms with Gasteiger partial charge in [-0.25, -0.2) is 0 Å². The van der Waals surface area contributed by atoms with Gasteiger partial charge in [0.2, 0.25) is 0 Å². The molecule has 0 bridgehead atoms. The van der Waals surface area contributed by atoms with Crippen LogP contribution >= 0.6 is 15.9 Å². The molecule has 0 radical (unpaired) electrons. The predicted octanol–water partition coefficient (Wildman–Crippen LogP) is 2.60. The SMILES string of the molecule is CCNC(=NC)NC1CCN(Cc2ccc(Br)cc2)CC1. The van der Waals surface area contributed by atoms with Crippen molar-refractivity contribution in [3.63, 3.8) is 0 Å². The van der Waals surface area contributed by atoms with Gasteiger partial charge in [-0.05, 0) is 37.5 Å². The number of hydrogen-bond donors (Lipinski definition) is 2. The maximum absolute atomic E-state index is 4.24. The van der Waals surface area contributed by atoms with E-state index in [1.807, 2.05) is 7.05 Å². The van der Waals surface area contributed by atoms with Crippen molar-refractivity contribution in [3.05, 3.63) is 34.3 Å². The molecule has 1 aromatic carbocycles. The molecule has 0 saturated carbocycles. The maximum atomic E-state index is 4.24. The van der Waals surface area contributed by atoms with E-state index in [0.717, 1.165) is 36.6 Å². The summed E-state index contributed by atoms with van der Waals surface area (Å²) in [6.07, 6.45) is 2.34. The van der Waals surface area contributed by atoms with Crippen LogP contribution in [-0.2, 0) is 6.54 Å². The molecule has 1 fully saturated rings. The number of piperidine rings is 1. The van der Waals surface area contributed by atoms with E-state index >= 15 is 0 Å². The Labute approximate surface area is 136 Å². The fraction of sp³-hybridized carbons (Fsp3) is 0.562. The van der Waals surface area contributed by atoms with Crippen LogP contribution in [0.1, 0.15) is 25.3 Å². The number of guanidine groups is 1. The van der Waals surface area contributed by atoms with E-state index in [-0.39, 0.29) is 0 Å². The van der Waals surface area contributed by atoms with Gasteiger partial charge in [0.15, 0.2) is 5.96 Å². The summed E-state index contributed by atoms with van der Waals surface area (Å²) < 4.78 is 1.14. The number of nitrogens with zero attached hydrogens (tertiary/aromatic N) is 2. The Hall–Kier alpha value is -1.07. The van der Waals surface area contributed by atoms with Gasteiger partial charge in [-0.3, -0.25) is 9.89 Å². The largest absolute Gasteiger partial charge is 0.357 e. The van der Waals surface area contributed by atoms with Crippen molar-refractivity contribution in [2.45, 2.75) is 32.4 Å². The molecule has 0 aromatic heterocycles. The number of hydrogen-bond acceptors (Lipinski definition) is 2. The lowest BCUT2D eigenvalue weighted by Gasteiger charge is -2.33. The molecule has 0 atom stereocenters. The first kappa shape index (κ1) is 16.3. The van der Waals surface area contributed by atoms with Crippen molar-refractivity contribution in [1.82, 2.24) is 15.5 Å². The van der Waals surface area contributed by atoms with E-state index in [4.69, 9.17) is 0 Å². The molecule has 5 heteroatoms. The summed E-state index contributed by atoms with van der Waals surface area (Å²) in [6, 6.07) is 9.15. The molecule has 0 spiro atoms. The van der Waals surface area contributed by atoms with E-state index in [0.29, 0.717) is 6.04 Å². The molecular formula is C16H25BrN4. The van der Waals surface area contributed by atoms with Crippen molar-refractivity contribution in [1.29, 1.82) is 0 Å². The van der Waals surface area contributed by atoms with Crippen molar-refractivity contribution in [3.8, 4) is 0 Å². The number of benzene rings is 1. The average Bonchev–Trinajstić information content (AvgIpc) is 2.51. The second kappa shape index (κ2) is 8.39. The zero-order valence-corrected chi connectivity index (χ0v) is 14.5. The Morgan fingerprint density at radius 2 is 1.95 bits per heavy atom. The minimum Gasteiger partial charge on any atom is -0.357 e. The van der Waals surface area contributed by atoms with Gasteiger partial charge in [0.05, 0.1) is 0 Å². The third-order valence-electron chi connectivity index (χ3n) is 3.82. The zero-order chi connectivity index (χ0) is 15.1. The van der Waals surface area contributed by atoms with Crippen molar-refractivity contribution >= 4 is 21.9 Å². The van der Waals surface area contributed by atoms with E-state index in [9.17, 15) is 0 Å². The number of rotatable bonds is 4. The highest BCUT2D eigenvalue weighted by Gasteiger charge is 2.19. The van der Waals surface area contributed by atoms with Crippen LogP contribution in [-0.4, -0.2) is 43.6 Å². The topological polar surface area (TPSA) is 39.7 Å². The molecule has 0 aliphatic carbocycles. The van der Waals surface area contributed by atoms with Crippen LogP contribution in [0.25, 0.3) is 0 Å². The average molecular weight is 353 g/mol. The molecule has 4 nitrogen and oxygen atoms in total. The highest BCUT2D eigenvalue weighted by molar-refractivity contribution is 9.10. The summed E-state index contributed by atoms with van der Waals surface area (Å²) in [5.41, 5.74) is 1.38. The summed E-state index contributed by atoms with van der Waals surface area (Å²) >= 11 is 3.48. The van der Waals surface area contributed by atoms with Crippen LogP contribution in [0.15, 0.2) is 33.7 Å². The molecule has 1 aliphatic heterocycles. The van der Waals surface area contributed by atoms with Crippen LogP contribution in [0, 0.1) is 0 Å². The van der Waals surface area contributed by atoms with Crippen LogP contribution in [0.5, 0.6) is 0 Å². The summed E-state index contributed by atoms with van der Waals surface area (Å²) in [7, 11) is 1.83. The van der Waals surface area contributed by atoms with Crippen LogP contribution in [0.4, 0.5) is 0 Å². The van der Waals surface area contributed by atoms with Crippen molar-refractivity contribution in [2.75, 3.05) is 26.7 Å². The first-order valence-electron chi connectivity index (χ1n) is 7.65. The van der Waals surface area contributed by atoms with Gasteiger partial charge >= 0.3 is 0 Å². The smallest absolute Gasteiger partial charge is 0.191 e. The number of nitrogens with one attached hydrogen (secondary N) is 2. The van der Waals surface area contributed by atoms with Gasteiger partial charge in [0.1, 0.15) is 0 Å². The molecule has 2 N–H and O–H groups in total. The zero-order valence-electron chi connectivity index (χ0n) is 12.9. The summed E-state index contributed by atoms with van der Waals surface area (Å²) in [5, 5.41) is 6.76. The lowest BCUT2D eigenvalue weighted by molar-refractivity contribution is 0.198. The van der Waals surface area contributed by atoms with E-state index in [1.165, 1.54) is 18.4 Å². The Balaban J connectivity index is 1.76. The first-order chi connectivity index (χ1) is 10.2. The molecule has 1 aromatic rings. The summed E-state index contributed by atoms with van der Waals surface area (Å²) in [6.45, 7) is 6.31. The highest BCUT2D eigenvalue weighted by atomic mass is 79.9. The number of likely N-dealkylation sites (tertiary alicyclic amines) is 1. The normalized spacial score (nSPS) is 17.8. The fourth-order valence-corrected chi connectivity index (χ4v) is 2.90. The lowest BCUT2D eigenvalue weighted by Crippen LogP contribution is -2.48. The molecule has 0 unspecified atom stereocenters. The van der Waals surface area contributed by atoms with Crippen LogP contribution in [0.3, 0.4) is 0 Å². The first-order valence-corrected chi connectivity index (χ1v) is 8.44. The van der Waals surface area contributed by atoms with E-state index < -0.39 is 0 Å². The molecular weight excluding hydrogens is 328 g/mol.